The lowest BCUT2D eigenvalue weighted by molar-refractivity contribution is -0.114. The normalized spacial score (nSPS) is 23.9. The van der Waals surface area contributed by atoms with Crippen molar-refractivity contribution in [3.8, 4) is 0 Å². The molecule has 0 saturated carbocycles. The molecule has 0 aromatic heterocycles. The summed E-state index contributed by atoms with van der Waals surface area (Å²) in [6, 6.07) is 15.5. The fourth-order valence-corrected chi connectivity index (χ4v) is 9.46. The molecule has 2 aliphatic heterocycles. The third kappa shape index (κ3) is 5.63. The van der Waals surface area contributed by atoms with Crippen molar-refractivity contribution in [3.05, 3.63) is 60.2 Å². The summed E-state index contributed by atoms with van der Waals surface area (Å²) in [5.41, 5.74) is 1.71. The fourth-order valence-electron chi connectivity index (χ4n) is 4.63. The van der Waals surface area contributed by atoms with Crippen molar-refractivity contribution in [2.75, 3.05) is 43.0 Å². The summed E-state index contributed by atoms with van der Waals surface area (Å²) in [6.45, 7) is 4.95. The highest BCUT2D eigenvalue weighted by Crippen LogP contribution is 2.30. The Kier molecular flexibility index (Phi) is 6.90. The number of nitrogens with zero attached hydrogens (tertiary/aromatic N) is 2. The molecule has 0 aliphatic carbocycles. The average Bonchev–Trinajstić information content (AvgIpc) is 3.11. The van der Waals surface area contributed by atoms with Gasteiger partial charge in [0.2, 0.25) is 5.91 Å². The van der Waals surface area contributed by atoms with E-state index in [1.807, 2.05) is 23.1 Å². The van der Waals surface area contributed by atoms with Crippen LogP contribution in [-0.2, 0) is 31.0 Å². The molecule has 1 N–H and O–H groups in total. The van der Waals surface area contributed by atoms with Gasteiger partial charge in [0.25, 0.3) is 0 Å². The highest BCUT2D eigenvalue weighted by atomic mass is 32.2. The summed E-state index contributed by atoms with van der Waals surface area (Å²) < 4.78 is 51.9. The second-order valence-corrected chi connectivity index (χ2v) is 13.1. The third-order valence-corrected chi connectivity index (χ3v) is 10.4. The van der Waals surface area contributed by atoms with Gasteiger partial charge >= 0.3 is 0 Å². The monoisotopic (exact) mass is 491 g/mol. The second kappa shape index (κ2) is 9.54. The Morgan fingerprint density at radius 2 is 1.61 bits per heavy atom. The third-order valence-electron chi connectivity index (χ3n) is 6.30. The Hall–Kier alpha value is -2.27. The summed E-state index contributed by atoms with van der Waals surface area (Å²) >= 11 is 0. The summed E-state index contributed by atoms with van der Waals surface area (Å²) in [6.07, 6.45) is 0. The van der Waals surface area contributed by atoms with Crippen molar-refractivity contribution in [1.29, 1.82) is 0 Å². The topological polar surface area (TPSA) is 104 Å². The van der Waals surface area contributed by atoms with Crippen LogP contribution in [0.3, 0.4) is 0 Å². The van der Waals surface area contributed by atoms with Gasteiger partial charge in [0, 0.05) is 51.4 Å². The molecule has 33 heavy (non-hydrogen) atoms. The number of carbonyl (C=O) groups is 1. The van der Waals surface area contributed by atoms with E-state index in [4.69, 9.17) is 0 Å². The van der Waals surface area contributed by atoms with Crippen LogP contribution < -0.4 is 5.32 Å². The smallest absolute Gasteiger partial charge is 0.221 e. The standard InChI is InChI=1S/C23H29N3O5S2/c1-18(27)24-20-7-9-21(10-8-20)33(30,31)23-17-32(28,29)16-22(23)26-13-11-25(12-14-26)15-19-5-3-2-4-6-19/h2-10,22-23H,11-17H2,1H3,(H,24,27)/t22-,23-/m1/s1. The molecule has 4 rings (SSSR count). The lowest BCUT2D eigenvalue weighted by Crippen LogP contribution is -2.54. The number of anilines is 1. The van der Waals surface area contributed by atoms with Gasteiger partial charge in [-0.3, -0.25) is 14.6 Å². The maximum atomic E-state index is 13.4. The minimum absolute atomic E-state index is 0.0754. The van der Waals surface area contributed by atoms with Crippen molar-refractivity contribution in [2.24, 2.45) is 0 Å². The van der Waals surface area contributed by atoms with Gasteiger partial charge in [-0.25, -0.2) is 16.8 Å². The molecular weight excluding hydrogens is 462 g/mol. The first kappa shape index (κ1) is 23.9. The van der Waals surface area contributed by atoms with Crippen molar-refractivity contribution in [3.63, 3.8) is 0 Å². The van der Waals surface area contributed by atoms with Crippen molar-refractivity contribution in [2.45, 2.75) is 29.7 Å². The number of rotatable bonds is 6. The van der Waals surface area contributed by atoms with Crippen LogP contribution in [-0.4, -0.2) is 81.5 Å². The molecule has 0 unspecified atom stereocenters. The van der Waals surface area contributed by atoms with Crippen LogP contribution in [0.1, 0.15) is 12.5 Å². The van der Waals surface area contributed by atoms with Gasteiger partial charge in [0.1, 0.15) is 0 Å². The summed E-state index contributed by atoms with van der Waals surface area (Å²) in [7, 11) is -7.33. The predicted molar refractivity (Wildman–Crippen MR) is 127 cm³/mol. The molecule has 2 heterocycles. The maximum Gasteiger partial charge on any atom is 0.221 e. The predicted octanol–water partition coefficient (Wildman–Crippen LogP) is 1.40. The molecule has 178 valence electrons. The first-order chi connectivity index (χ1) is 15.6. The highest BCUT2D eigenvalue weighted by Gasteiger charge is 2.48. The first-order valence-corrected chi connectivity index (χ1v) is 14.3. The lowest BCUT2D eigenvalue weighted by Gasteiger charge is -2.39. The second-order valence-electron chi connectivity index (χ2n) is 8.73. The zero-order valence-electron chi connectivity index (χ0n) is 18.6. The van der Waals surface area contributed by atoms with E-state index in [0.717, 1.165) is 19.6 Å². The molecular formula is C23H29N3O5S2. The first-order valence-electron chi connectivity index (χ1n) is 11.0. The molecule has 8 nitrogen and oxygen atoms in total. The van der Waals surface area contributed by atoms with Gasteiger partial charge in [-0.2, -0.15) is 0 Å². The van der Waals surface area contributed by atoms with E-state index in [1.54, 1.807) is 0 Å². The van der Waals surface area contributed by atoms with Crippen LogP contribution in [0, 0.1) is 0 Å². The number of benzene rings is 2. The van der Waals surface area contributed by atoms with Crippen LogP contribution in [0.2, 0.25) is 0 Å². The van der Waals surface area contributed by atoms with Crippen molar-refractivity contribution < 1.29 is 21.6 Å². The zero-order chi connectivity index (χ0) is 23.6. The SMILES string of the molecule is CC(=O)Nc1ccc(S(=O)(=O)[C@@H]2CS(=O)(=O)C[C@H]2N2CCN(Cc3ccccc3)CC2)cc1. The number of sulfone groups is 2. The Bertz CT molecular complexity index is 1190. The van der Waals surface area contributed by atoms with E-state index in [9.17, 15) is 21.6 Å². The number of carbonyl (C=O) groups excluding carboxylic acids is 1. The van der Waals surface area contributed by atoms with Gasteiger partial charge in [-0.1, -0.05) is 30.3 Å². The van der Waals surface area contributed by atoms with Gasteiger partial charge in [0.15, 0.2) is 19.7 Å². The highest BCUT2D eigenvalue weighted by molar-refractivity contribution is 7.96. The molecule has 2 saturated heterocycles. The van der Waals surface area contributed by atoms with E-state index < -0.39 is 31.0 Å². The molecule has 2 atom stereocenters. The zero-order valence-corrected chi connectivity index (χ0v) is 20.2. The minimum Gasteiger partial charge on any atom is -0.326 e. The number of hydrogen-bond acceptors (Lipinski definition) is 7. The Morgan fingerprint density at radius 1 is 0.970 bits per heavy atom. The van der Waals surface area contributed by atoms with Crippen LogP contribution >= 0.6 is 0 Å². The van der Waals surface area contributed by atoms with Gasteiger partial charge in [-0.15, -0.1) is 0 Å². The largest absolute Gasteiger partial charge is 0.326 e. The lowest BCUT2D eigenvalue weighted by atomic mass is 10.1. The van der Waals surface area contributed by atoms with E-state index in [0.29, 0.717) is 18.8 Å². The Labute approximate surface area is 195 Å². The molecule has 2 aromatic carbocycles. The van der Waals surface area contributed by atoms with Crippen LogP contribution in [0.25, 0.3) is 0 Å². The molecule has 0 spiro atoms. The summed E-state index contributed by atoms with van der Waals surface area (Å²) in [5, 5.41) is 1.60. The molecule has 2 aromatic rings. The number of nitrogens with one attached hydrogen (secondary N) is 1. The molecule has 2 fully saturated rings. The number of amides is 1. The van der Waals surface area contributed by atoms with Crippen molar-refractivity contribution in [1.82, 2.24) is 9.80 Å². The molecule has 2 aliphatic rings. The number of hydrogen-bond donors (Lipinski definition) is 1. The van der Waals surface area contributed by atoms with E-state index in [2.05, 4.69) is 22.3 Å². The Morgan fingerprint density at radius 3 is 2.21 bits per heavy atom. The Balaban J connectivity index is 1.48. The molecule has 0 bridgehead atoms. The maximum absolute atomic E-state index is 13.4. The summed E-state index contributed by atoms with van der Waals surface area (Å²) in [5.74, 6) is -0.754. The molecule has 0 radical (unpaired) electrons. The van der Waals surface area contributed by atoms with E-state index in [1.165, 1.54) is 36.8 Å². The van der Waals surface area contributed by atoms with E-state index in [-0.39, 0.29) is 22.3 Å². The van der Waals surface area contributed by atoms with Gasteiger partial charge < -0.3 is 5.32 Å². The average molecular weight is 492 g/mol. The van der Waals surface area contributed by atoms with Crippen molar-refractivity contribution >= 4 is 31.3 Å². The molecule has 10 heteroatoms. The minimum atomic E-state index is -3.86. The van der Waals surface area contributed by atoms with Crippen LogP contribution in [0.5, 0.6) is 0 Å². The van der Waals surface area contributed by atoms with Crippen LogP contribution in [0.15, 0.2) is 59.5 Å². The fraction of sp³-hybridized carbons (Fsp3) is 0.435. The quantitative estimate of drug-likeness (QED) is 0.651. The van der Waals surface area contributed by atoms with Gasteiger partial charge in [0.05, 0.1) is 21.7 Å². The number of piperazine rings is 1. The summed E-state index contributed by atoms with van der Waals surface area (Å²) in [4.78, 5) is 15.6. The van der Waals surface area contributed by atoms with E-state index >= 15 is 0 Å². The van der Waals surface area contributed by atoms with Gasteiger partial charge in [-0.05, 0) is 29.8 Å². The van der Waals surface area contributed by atoms with Crippen LogP contribution in [0.4, 0.5) is 5.69 Å². The molecule has 1 amide bonds.